The molecule has 1 aromatic carbocycles. The molecule has 7 heteroatoms. The zero-order chi connectivity index (χ0) is 16.8. The molecule has 0 bridgehead atoms. The topological polar surface area (TPSA) is 79.8 Å². The first kappa shape index (κ1) is 15.5. The van der Waals surface area contributed by atoms with E-state index in [1.807, 2.05) is 12.1 Å². The average molecular weight is 323 g/mol. The van der Waals surface area contributed by atoms with Crippen molar-refractivity contribution in [1.29, 1.82) is 0 Å². The summed E-state index contributed by atoms with van der Waals surface area (Å²) in [5.74, 6) is -0.408. The van der Waals surface area contributed by atoms with Crippen LogP contribution in [0, 0.1) is 5.82 Å². The minimum atomic E-state index is -0.403. The van der Waals surface area contributed by atoms with Gasteiger partial charge < -0.3 is 10.6 Å². The molecule has 0 saturated carbocycles. The van der Waals surface area contributed by atoms with E-state index < -0.39 is 5.82 Å². The summed E-state index contributed by atoms with van der Waals surface area (Å²) >= 11 is 0. The van der Waals surface area contributed by atoms with Crippen LogP contribution in [0.25, 0.3) is 0 Å². The summed E-state index contributed by atoms with van der Waals surface area (Å²) in [6.45, 7) is 0.363. The molecule has 3 aromatic rings. The summed E-state index contributed by atoms with van der Waals surface area (Å²) in [6.07, 6.45) is 4.57. The lowest BCUT2D eigenvalue weighted by Crippen LogP contribution is -2.24. The minimum Gasteiger partial charge on any atom is -0.347 e. The molecule has 1 amide bonds. The Kier molecular flexibility index (Phi) is 4.71. The first-order valence-corrected chi connectivity index (χ1v) is 7.23. The number of rotatable bonds is 5. The number of nitrogens with zero attached hydrogens (tertiary/aromatic N) is 3. The largest absolute Gasteiger partial charge is 0.347 e. The molecule has 3 rings (SSSR count). The SMILES string of the molecule is O=C(NCc1ccncc1)c1cc(Nc2ccccc2F)ncn1. The number of anilines is 2. The molecule has 0 atom stereocenters. The van der Waals surface area contributed by atoms with E-state index in [0.717, 1.165) is 5.56 Å². The second kappa shape index (κ2) is 7.28. The Labute approximate surface area is 137 Å². The molecule has 6 nitrogen and oxygen atoms in total. The van der Waals surface area contributed by atoms with Crippen molar-refractivity contribution in [2.75, 3.05) is 5.32 Å². The normalized spacial score (nSPS) is 10.2. The Bertz CT molecular complexity index is 841. The number of hydrogen-bond donors (Lipinski definition) is 2. The summed E-state index contributed by atoms with van der Waals surface area (Å²) in [5.41, 5.74) is 1.40. The first-order valence-electron chi connectivity index (χ1n) is 7.23. The van der Waals surface area contributed by atoms with Gasteiger partial charge in [0.05, 0.1) is 5.69 Å². The van der Waals surface area contributed by atoms with Crippen LogP contribution >= 0.6 is 0 Å². The van der Waals surface area contributed by atoms with Crippen molar-refractivity contribution < 1.29 is 9.18 Å². The van der Waals surface area contributed by atoms with Gasteiger partial charge in [-0.2, -0.15) is 0 Å². The van der Waals surface area contributed by atoms with Crippen molar-refractivity contribution in [3.05, 3.63) is 78.3 Å². The van der Waals surface area contributed by atoms with Crippen LogP contribution in [0.15, 0.2) is 61.2 Å². The summed E-state index contributed by atoms with van der Waals surface area (Å²) in [4.78, 5) is 24.0. The number of aromatic nitrogens is 3. The van der Waals surface area contributed by atoms with Gasteiger partial charge in [0.25, 0.3) is 5.91 Å². The maximum Gasteiger partial charge on any atom is 0.270 e. The summed E-state index contributed by atoms with van der Waals surface area (Å²) in [5, 5.41) is 5.59. The summed E-state index contributed by atoms with van der Waals surface area (Å²) < 4.78 is 13.7. The van der Waals surface area contributed by atoms with Crippen LogP contribution in [0.1, 0.15) is 16.1 Å². The lowest BCUT2D eigenvalue weighted by molar-refractivity contribution is 0.0946. The van der Waals surface area contributed by atoms with E-state index in [1.165, 1.54) is 18.5 Å². The van der Waals surface area contributed by atoms with Gasteiger partial charge in [-0.3, -0.25) is 9.78 Å². The highest BCUT2D eigenvalue weighted by Crippen LogP contribution is 2.17. The molecule has 24 heavy (non-hydrogen) atoms. The molecular formula is C17H14FN5O. The Hall–Kier alpha value is -3.35. The molecule has 0 spiro atoms. The maximum atomic E-state index is 13.7. The third-order valence-electron chi connectivity index (χ3n) is 3.24. The molecule has 0 saturated heterocycles. The third-order valence-corrected chi connectivity index (χ3v) is 3.24. The maximum absolute atomic E-state index is 13.7. The van der Waals surface area contributed by atoms with Gasteiger partial charge in [0.15, 0.2) is 0 Å². The van der Waals surface area contributed by atoms with Gasteiger partial charge in [-0.25, -0.2) is 14.4 Å². The van der Waals surface area contributed by atoms with Crippen molar-refractivity contribution in [3.8, 4) is 0 Å². The van der Waals surface area contributed by atoms with E-state index in [1.54, 1.807) is 30.6 Å². The van der Waals surface area contributed by atoms with Crippen LogP contribution in [0.4, 0.5) is 15.9 Å². The van der Waals surface area contributed by atoms with Crippen LogP contribution in [0.2, 0.25) is 0 Å². The molecule has 0 fully saturated rings. The molecule has 2 aromatic heterocycles. The van der Waals surface area contributed by atoms with Gasteiger partial charge in [-0.15, -0.1) is 0 Å². The molecule has 2 heterocycles. The van der Waals surface area contributed by atoms with Crippen molar-refractivity contribution in [2.24, 2.45) is 0 Å². The summed E-state index contributed by atoms with van der Waals surface area (Å²) in [7, 11) is 0. The van der Waals surface area contributed by atoms with Gasteiger partial charge >= 0.3 is 0 Å². The molecule has 120 valence electrons. The second-order valence-electron chi connectivity index (χ2n) is 4.93. The number of carbonyl (C=O) groups is 1. The fourth-order valence-corrected chi connectivity index (χ4v) is 2.02. The van der Waals surface area contributed by atoms with Crippen molar-refractivity contribution in [3.63, 3.8) is 0 Å². The van der Waals surface area contributed by atoms with Crippen LogP contribution in [0.5, 0.6) is 0 Å². The molecule has 2 N–H and O–H groups in total. The average Bonchev–Trinajstić information content (AvgIpc) is 2.63. The highest BCUT2D eigenvalue weighted by molar-refractivity contribution is 5.92. The highest BCUT2D eigenvalue weighted by Gasteiger charge is 2.09. The van der Waals surface area contributed by atoms with Crippen molar-refractivity contribution in [2.45, 2.75) is 6.54 Å². The highest BCUT2D eigenvalue weighted by atomic mass is 19.1. The number of halogens is 1. The molecule has 0 aliphatic rings. The van der Waals surface area contributed by atoms with Crippen molar-refractivity contribution in [1.82, 2.24) is 20.3 Å². The third kappa shape index (κ3) is 3.89. The van der Waals surface area contributed by atoms with Crippen molar-refractivity contribution >= 4 is 17.4 Å². The lowest BCUT2D eigenvalue weighted by atomic mass is 10.2. The Morgan fingerprint density at radius 1 is 1.08 bits per heavy atom. The van der Waals surface area contributed by atoms with E-state index in [9.17, 15) is 9.18 Å². The van der Waals surface area contributed by atoms with Gasteiger partial charge in [-0.05, 0) is 29.8 Å². The fourth-order valence-electron chi connectivity index (χ4n) is 2.02. The molecular weight excluding hydrogens is 309 g/mol. The number of carbonyl (C=O) groups excluding carboxylic acids is 1. The van der Waals surface area contributed by atoms with E-state index >= 15 is 0 Å². The predicted molar refractivity (Wildman–Crippen MR) is 87.1 cm³/mol. The van der Waals surface area contributed by atoms with Crippen LogP contribution < -0.4 is 10.6 Å². The predicted octanol–water partition coefficient (Wildman–Crippen LogP) is 2.68. The minimum absolute atomic E-state index is 0.192. The first-order chi connectivity index (χ1) is 11.7. The van der Waals surface area contributed by atoms with Crippen LogP contribution in [-0.2, 0) is 6.54 Å². The monoisotopic (exact) mass is 323 g/mol. The number of para-hydroxylation sites is 1. The quantitative estimate of drug-likeness (QED) is 0.754. The number of pyridine rings is 1. The fraction of sp³-hybridized carbons (Fsp3) is 0.0588. The number of amides is 1. The molecule has 0 radical (unpaired) electrons. The Balaban J connectivity index is 1.68. The summed E-state index contributed by atoms with van der Waals surface area (Å²) in [6, 6.07) is 11.3. The Morgan fingerprint density at radius 2 is 1.88 bits per heavy atom. The van der Waals surface area contributed by atoms with E-state index in [2.05, 4.69) is 25.6 Å². The smallest absolute Gasteiger partial charge is 0.270 e. The number of hydrogen-bond acceptors (Lipinski definition) is 5. The second-order valence-corrected chi connectivity index (χ2v) is 4.93. The molecule has 0 unspecified atom stereocenters. The van der Waals surface area contributed by atoms with Crippen LogP contribution in [-0.4, -0.2) is 20.9 Å². The van der Waals surface area contributed by atoms with Crippen LogP contribution in [0.3, 0.4) is 0 Å². The van der Waals surface area contributed by atoms with E-state index in [-0.39, 0.29) is 17.3 Å². The van der Waals surface area contributed by atoms with E-state index in [4.69, 9.17) is 0 Å². The zero-order valence-corrected chi connectivity index (χ0v) is 12.6. The molecule has 0 aliphatic carbocycles. The zero-order valence-electron chi connectivity index (χ0n) is 12.6. The van der Waals surface area contributed by atoms with Gasteiger partial charge in [0, 0.05) is 25.0 Å². The number of benzene rings is 1. The van der Waals surface area contributed by atoms with Gasteiger partial charge in [0.1, 0.15) is 23.7 Å². The molecule has 0 aliphatic heterocycles. The van der Waals surface area contributed by atoms with Gasteiger partial charge in [0.2, 0.25) is 0 Å². The van der Waals surface area contributed by atoms with Gasteiger partial charge in [-0.1, -0.05) is 12.1 Å². The lowest BCUT2D eigenvalue weighted by Gasteiger charge is -2.08. The number of nitrogens with one attached hydrogen (secondary N) is 2. The van der Waals surface area contributed by atoms with E-state index in [0.29, 0.717) is 12.4 Å². The Morgan fingerprint density at radius 3 is 2.67 bits per heavy atom. The standard InChI is InChI=1S/C17H14FN5O/c18-13-3-1-2-4-14(13)23-16-9-15(21-11-22-16)17(24)20-10-12-5-7-19-8-6-12/h1-9,11H,10H2,(H,20,24)(H,21,22,23).